The molecular weight excluding hydrogens is 392 g/mol. The second-order valence-electron chi connectivity index (χ2n) is 7.07. The molecule has 0 aromatic heterocycles. The molecular formula is C22H23F6N. The minimum absolute atomic E-state index is 0.242. The second kappa shape index (κ2) is 9.48. The Morgan fingerprint density at radius 3 is 1.69 bits per heavy atom. The predicted octanol–water partition coefficient (Wildman–Crippen LogP) is 6.89. The maximum absolute atomic E-state index is 13.1. The molecule has 2 aromatic carbocycles. The van der Waals surface area contributed by atoms with Crippen LogP contribution in [0.1, 0.15) is 41.5 Å². The minimum Gasteiger partial charge on any atom is -0.309 e. The summed E-state index contributed by atoms with van der Waals surface area (Å²) in [5.74, 6) is 0. The van der Waals surface area contributed by atoms with Crippen LogP contribution in [0.3, 0.4) is 0 Å². The van der Waals surface area contributed by atoms with Crippen molar-refractivity contribution >= 4 is 5.57 Å². The molecule has 0 spiro atoms. The number of hydrogen-bond acceptors (Lipinski definition) is 1. The molecule has 0 saturated heterocycles. The largest absolute Gasteiger partial charge is 0.416 e. The van der Waals surface area contributed by atoms with Gasteiger partial charge in [-0.15, -0.1) is 0 Å². The van der Waals surface area contributed by atoms with Crippen molar-refractivity contribution in [1.29, 1.82) is 0 Å². The first-order chi connectivity index (χ1) is 13.5. The van der Waals surface area contributed by atoms with E-state index in [1.165, 1.54) is 24.3 Å². The molecule has 0 aliphatic heterocycles. The Kier molecular flexibility index (Phi) is 7.52. The molecule has 7 heteroatoms. The van der Waals surface area contributed by atoms with Crippen LogP contribution in [0.15, 0.2) is 54.6 Å². The van der Waals surface area contributed by atoms with E-state index in [0.29, 0.717) is 12.0 Å². The summed E-state index contributed by atoms with van der Waals surface area (Å²) in [6, 6.07) is 9.37. The van der Waals surface area contributed by atoms with E-state index in [1.54, 1.807) is 6.08 Å². The lowest BCUT2D eigenvalue weighted by Crippen LogP contribution is -2.12. The van der Waals surface area contributed by atoms with Crippen molar-refractivity contribution in [3.8, 4) is 0 Å². The summed E-state index contributed by atoms with van der Waals surface area (Å²) in [6.07, 6.45) is -5.13. The topological polar surface area (TPSA) is 3.24 Å². The number of rotatable bonds is 7. The number of allylic oxidation sites excluding steroid dienone is 1. The maximum Gasteiger partial charge on any atom is 0.416 e. The number of alkyl halides is 6. The lowest BCUT2D eigenvalue weighted by Gasteiger charge is -2.14. The van der Waals surface area contributed by atoms with Crippen molar-refractivity contribution in [3.05, 3.63) is 76.9 Å². The van der Waals surface area contributed by atoms with Crippen LogP contribution in [0.25, 0.3) is 5.57 Å². The molecule has 0 unspecified atom stereocenters. The fraction of sp³-hybridized carbons (Fsp3) is 0.364. The Bertz CT molecular complexity index is 774. The smallest absolute Gasteiger partial charge is 0.309 e. The van der Waals surface area contributed by atoms with Crippen LogP contribution in [0.5, 0.6) is 0 Å². The second-order valence-corrected chi connectivity index (χ2v) is 7.07. The zero-order valence-corrected chi connectivity index (χ0v) is 16.2. The first-order valence-electron chi connectivity index (χ1n) is 9.18. The van der Waals surface area contributed by atoms with Gasteiger partial charge in [0.15, 0.2) is 0 Å². The number of nitrogens with zero attached hydrogens (tertiary/aromatic N) is 1. The molecule has 0 bridgehead atoms. The Morgan fingerprint density at radius 1 is 0.793 bits per heavy atom. The molecule has 0 atom stereocenters. The summed E-state index contributed by atoms with van der Waals surface area (Å²) < 4.78 is 78.7. The Morgan fingerprint density at radius 2 is 1.28 bits per heavy atom. The maximum atomic E-state index is 13.1. The summed E-state index contributed by atoms with van der Waals surface area (Å²) in [7, 11) is 3.87. The molecule has 0 saturated carbocycles. The van der Waals surface area contributed by atoms with Crippen LogP contribution in [-0.4, -0.2) is 25.5 Å². The molecule has 0 aliphatic rings. The molecule has 0 aliphatic carbocycles. The van der Waals surface area contributed by atoms with Gasteiger partial charge in [0.05, 0.1) is 11.1 Å². The minimum atomic E-state index is -4.53. The van der Waals surface area contributed by atoms with Gasteiger partial charge in [0.2, 0.25) is 0 Å². The first kappa shape index (κ1) is 23.0. The number of hydrogen-bond donors (Lipinski definition) is 0. The molecule has 2 aromatic rings. The van der Waals surface area contributed by atoms with E-state index in [2.05, 4.69) is 0 Å². The van der Waals surface area contributed by atoms with Gasteiger partial charge < -0.3 is 4.90 Å². The van der Waals surface area contributed by atoms with Crippen molar-refractivity contribution in [3.63, 3.8) is 0 Å². The van der Waals surface area contributed by atoms with Crippen molar-refractivity contribution < 1.29 is 26.3 Å². The number of benzene rings is 2. The van der Waals surface area contributed by atoms with Crippen LogP contribution in [0, 0.1) is 0 Å². The highest BCUT2D eigenvalue weighted by Crippen LogP contribution is 2.35. The zero-order chi connectivity index (χ0) is 21.7. The quantitative estimate of drug-likeness (QED) is 0.352. The van der Waals surface area contributed by atoms with Crippen LogP contribution in [-0.2, 0) is 12.4 Å². The van der Waals surface area contributed by atoms with Gasteiger partial charge in [-0.1, -0.05) is 30.3 Å². The van der Waals surface area contributed by atoms with Crippen LogP contribution in [0.4, 0.5) is 26.3 Å². The summed E-state index contributed by atoms with van der Waals surface area (Å²) in [6.45, 7) is 0.857. The predicted molar refractivity (Wildman–Crippen MR) is 102 cm³/mol. The van der Waals surface area contributed by atoms with Gasteiger partial charge in [0, 0.05) is 0 Å². The highest BCUT2D eigenvalue weighted by atomic mass is 19.4. The van der Waals surface area contributed by atoms with Crippen molar-refractivity contribution in [2.75, 3.05) is 20.6 Å². The molecule has 0 fully saturated rings. The lowest BCUT2D eigenvalue weighted by molar-refractivity contribution is -0.138. The fourth-order valence-electron chi connectivity index (χ4n) is 2.95. The molecule has 29 heavy (non-hydrogen) atoms. The summed E-state index contributed by atoms with van der Waals surface area (Å²) >= 11 is 0. The molecule has 0 N–H and O–H groups in total. The fourth-order valence-corrected chi connectivity index (χ4v) is 2.95. The van der Waals surface area contributed by atoms with E-state index >= 15 is 0 Å². The Labute approximate surface area is 166 Å². The third-order valence-corrected chi connectivity index (χ3v) is 4.41. The van der Waals surface area contributed by atoms with Gasteiger partial charge in [0.25, 0.3) is 0 Å². The summed E-state index contributed by atoms with van der Waals surface area (Å²) in [5, 5.41) is 0. The third kappa shape index (κ3) is 6.92. The van der Waals surface area contributed by atoms with Gasteiger partial charge >= 0.3 is 12.4 Å². The van der Waals surface area contributed by atoms with E-state index in [-0.39, 0.29) is 11.1 Å². The first-order valence-corrected chi connectivity index (χ1v) is 9.18. The SMILES string of the molecule is CN(C)CCCCC=C(c1cccc(C(F)(F)F)c1)c1cccc(C(F)(F)F)c1. The van der Waals surface area contributed by atoms with E-state index < -0.39 is 23.5 Å². The highest BCUT2D eigenvalue weighted by molar-refractivity contribution is 5.80. The summed E-state index contributed by atoms with van der Waals surface area (Å²) in [4.78, 5) is 2.02. The van der Waals surface area contributed by atoms with Gasteiger partial charge in [-0.2, -0.15) is 26.3 Å². The average molecular weight is 415 g/mol. The Hall–Kier alpha value is -2.28. The van der Waals surface area contributed by atoms with Gasteiger partial charge in [-0.3, -0.25) is 0 Å². The van der Waals surface area contributed by atoms with Gasteiger partial charge in [-0.25, -0.2) is 0 Å². The van der Waals surface area contributed by atoms with E-state index in [9.17, 15) is 26.3 Å². The Balaban J connectivity index is 2.42. The molecule has 0 radical (unpaired) electrons. The molecule has 0 heterocycles. The standard InChI is InChI=1S/C22H23F6N/c1-29(2)13-5-3-4-12-20(16-8-6-10-18(14-16)21(23,24)25)17-9-7-11-19(15-17)22(26,27)28/h6-12,14-15H,3-5,13H2,1-2H3. The van der Waals surface area contributed by atoms with Crippen molar-refractivity contribution in [1.82, 2.24) is 4.90 Å². The van der Waals surface area contributed by atoms with E-state index in [1.807, 2.05) is 19.0 Å². The third-order valence-electron chi connectivity index (χ3n) is 4.41. The van der Waals surface area contributed by atoms with Crippen molar-refractivity contribution in [2.24, 2.45) is 0 Å². The summed E-state index contributed by atoms with van der Waals surface area (Å²) in [5.41, 5.74) is -0.813. The van der Waals surface area contributed by atoms with Crippen LogP contribution in [0.2, 0.25) is 0 Å². The average Bonchev–Trinajstić information content (AvgIpc) is 2.63. The lowest BCUT2D eigenvalue weighted by atomic mass is 9.93. The van der Waals surface area contributed by atoms with E-state index in [0.717, 1.165) is 43.7 Å². The van der Waals surface area contributed by atoms with Crippen LogP contribution >= 0.6 is 0 Å². The van der Waals surface area contributed by atoms with Gasteiger partial charge in [-0.05, 0) is 80.9 Å². The van der Waals surface area contributed by atoms with Crippen LogP contribution < -0.4 is 0 Å². The highest BCUT2D eigenvalue weighted by Gasteiger charge is 2.32. The number of unbranched alkanes of at least 4 members (excludes halogenated alkanes) is 2. The zero-order valence-electron chi connectivity index (χ0n) is 16.2. The normalized spacial score (nSPS) is 12.3. The van der Waals surface area contributed by atoms with E-state index in [4.69, 9.17) is 0 Å². The molecule has 1 nitrogen and oxygen atoms in total. The van der Waals surface area contributed by atoms with Gasteiger partial charge in [0.1, 0.15) is 0 Å². The molecule has 0 amide bonds. The monoisotopic (exact) mass is 415 g/mol. The number of halogens is 6. The molecule has 2 rings (SSSR count). The van der Waals surface area contributed by atoms with Crippen molar-refractivity contribution in [2.45, 2.75) is 31.6 Å². The molecule has 158 valence electrons.